The summed E-state index contributed by atoms with van der Waals surface area (Å²) in [7, 11) is 1.59. The Hall–Kier alpha value is -3.91. The summed E-state index contributed by atoms with van der Waals surface area (Å²) in [6.07, 6.45) is 0. The van der Waals surface area contributed by atoms with E-state index >= 15 is 0 Å². The fourth-order valence-corrected chi connectivity index (χ4v) is 5.30. The lowest BCUT2D eigenvalue weighted by Crippen LogP contribution is -2.50. The molecule has 38 heavy (non-hydrogen) atoms. The number of carbonyl (C=O) groups is 2. The summed E-state index contributed by atoms with van der Waals surface area (Å²) in [6.45, 7) is 3.52. The third-order valence-electron chi connectivity index (χ3n) is 6.89. The molecule has 0 spiro atoms. The predicted molar refractivity (Wildman–Crippen MR) is 148 cm³/mol. The number of halogens is 2. The van der Waals surface area contributed by atoms with Crippen LogP contribution in [0.5, 0.6) is 5.75 Å². The standard InChI is InChI=1S/C30H27BrFN3O3/c1-20-24(30(37)34-16-14-33(15-17-34)29(36)23-10-3-4-11-25(23)31)19-28(21-8-7-9-22(18-21)38-2)35(20)27-13-6-5-12-26(27)32/h3-13,18-19H,14-17H2,1-2H3. The molecule has 1 aliphatic rings. The number of hydrogen-bond acceptors (Lipinski definition) is 3. The fraction of sp³-hybridized carbons (Fsp3) is 0.200. The van der Waals surface area contributed by atoms with Crippen LogP contribution in [0.15, 0.2) is 83.3 Å². The third kappa shape index (κ3) is 4.84. The molecule has 1 fully saturated rings. The van der Waals surface area contributed by atoms with Crippen LogP contribution in [0.25, 0.3) is 16.9 Å². The normalized spacial score (nSPS) is 13.5. The van der Waals surface area contributed by atoms with Crippen molar-refractivity contribution in [3.8, 4) is 22.7 Å². The highest BCUT2D eigenvalue weighted by Gasteiger charge is 2.29. The van der Waals surface area contributed by atoms with Crippen molar-refractivity contribution in [3.63, 3.8) is 0 Å². The van der Waals surface area contributed by atoms with Gasteiger partial charge in [0.25, 0.3) is 11.8 Å². The van der Waals surface area contributed by atoms with E-state index < -0.39 is 0 Å². The van der Waals surface area contributed by atoms with Gasteiger partial charge in [-0.05, 0) is 65.3 Å². The molecule has 0 unspecified atom stereocenters. The summed E-state index contributed by atoms with van der Waals surface area (Å²) in [4.78, 5) is 30.3. The number of carbonyl (C=O) groups excluding carboxylic acids is 2. The third-order valence-corrected chi connectivity index (χ3v) is 7.59. The molecule has 2 heterocycles. The van der Waals surface area contributed by atoms with Crippen molar-refractivity contribution in [2.75, 3.05) is 33.3 Å². The van der Waals surface area contributed by atoms with Crippen LogP contribution < -0.4 is 4.74 Å². The first-order chi connectivity index (χ1) is 18.4. The number of amides is 2. The van der Waals surface area contributed by atoms with Crippen LogP contribution in [0.2, 0.25) is 0 Å². The number of ether oxygens (including phenoxy) is 1. The summed E-state index contributed by atoms with van der Waals surface area (Å²) < 4.78 is 22.9. The molecule has 5 rings (SSSR count). The van der Waals surface area contributed by atoms with Crippen LogP contribution >= 0.6 is 15.9 Å². The number of nitrogens with zero attached hydrogens (tertiary/aromatic N) is 3. The second-order valence-corrected chi connectivity index (χ2v) is 9.97. The van der Waals surface area contributed by atoms with Crippen LogP contribution in [0.4, 0.5) is 4.39 Å². The summed E-state index contributed by atoms with van der Waals surface area (Å²) >= 11 is 3.45. The van der Waals surface area contributed by atoms with Crippen LogP contribution in [0, 0.1) is 12.7 Å². The van der Waals surface area contributed by atoms with Crippen molar-refractivity contribution in [1.82, 2.24) is 14.4 Å². The van der Waals surface area contributed by atoms with E-state index in [0.29, 0.717) is 60.1 Å². The zero-order chi connectivity index (χ0) is 26.8. The molecule has 3 aromatic carbocycles. The van der Waals surface area contributed by atoms with Gasteiger partial charge in [0.1, 0.15) is 11.6 Å². The Balaban J connectivity index is 1.45. The van der Waals surface area contributed by atoms with Crippen molar-refractivity contribution < 1.29 is 18.7 Å². The molecule has 2 amide bonds. The van der Waals surface area contributed by atoms with Crippen molar-refractivity contribution in [3.05, 3.63) is 106 Å². The molecule has 0 aliphatic carbocycles. The zero-order valence-electron chi connectivity index (χ0n) is 21.2. The summed E-state index contributed by atoms with van der Waals surface area (Å²) in [5, 5.41) is 0. The Kier molecular flexibility index (Phi) is 7.33. The summed E-state index contributed by atoms with van der Waals surface area (Å²) in [5.41, 5.74) is 3.61. The minimum Gasteiger partial charge on any atom is -0.497 e. The Morgan fingerprint density at radius 2 is 1.45 bits per heavy atom. The molecule has 0 N–H and O–H groups in total. The number of benzene rings is 3. The van der Waals surface area contributed by atoms with Gasteiger partial charge in [-0.25, -0.2) is 4.39 Å². The van der Waals surface area contributed by atoms with Crippen LogP contribution in [-0.4, -0.2) is 59.5 Å². The summed E-state index contributed by atoms with van der Waals surface area (Å²) in [6, 6.07) is 23.2. The second kappa shape index (κ2) is 10.8. The zero-order valence-corrected chi connectivity index (χ0v) is 22.7. The first kappa shape index (κ1) is 25.7. The van der Waals surface area contributed by atoms with E-state index in [1.54, 1.807) is 45.7 Å². The maximum atomic E-state index is 15.0. The van der Waals surface area contributed by atoms with Gasteiger partial charge in [-0.1, -0.05) is 36.4 Å². The fourth-order valence-electron chi connectivity index (χ4n) is 4.85. The average Bonchev–Trinajstić information content (AvgIpc) is 3.29. The molecule has 6 nitrogen and oxygen atoms in total. The largest absolute Gasteiger partial charge is 0.497 e. The van der Waals surface area contributed by atoms with E-state index in [1.165, 1.54) is 6.07 Å². The molecule has 0 bridgehead atoms. The number of aromatic nitrogens is 1. The second-order valence-electron chi connectivity index (χ2n) is 9.11. The van der Waals surface area contributed by atoms with Crippen molar-refractivity contribution in [2.24, 2.45) is 0 Å². The Morgan fingerprint density at radius 3 is 2.11 bits per heavy atom. The Morgan fingerprint density at radius 1 is 0.816 bits per heavy atom. The molecule has 8 heteroatoms. The van der Waals surface area contributed by atoms with Gasteiger partial charge in [-0.15, -0.1) is 0 Å². The van der Waals surface area contributed by atoms with Crippen LogP contribution in [0.1, 0.15) is 26.4 Å². The van der Waals surface area contributed by atoms with Crippen molar-refractivity contribution >= 4 is 27.7 Å². The number of piperazine rings is 1. The number of hydrogen-bond donors (Lipinski definition) is 0. The van der Waals surface area contributed by atoms with Crippen molar-refractivity contribution in [1.29, 1.82) is 0 Å². The van der Waals surface area contributed by atoms with Crippen molar-refractivity contribution in [2.45, 2.75) is 6.92 Å². The molecule has 1 aromatic heterocycles. The molecule has 4 aromatic rings. The number of rotatable bonds is 5. The molecule has 1 aliphatic heterocycles. The lowest BCUT2D eigenvalue weighted by atomic mass is 10.1. The average molecular weight is 576 g/mol. The Bertz CT molecular complexity index is 1510. The quantitative estimate of drug-likeness (QED) is 0.295. The monoisotopic (exact) mass is 575 g/mol. The Labute approximate surface area is 229 Å². The maximum Gasteiger partial charge on any atom is 0.255 e. The number of methoxy groups -OCH3 is 1. The SMILES string of the molecule is COc1cccc(-c2cc(C(=O)N3CCN(C(=O)c4ccccc4Br)CC3)c(C)n2-c2ccccc2F)c1. The van der Waals surface area contributed by atoms with E-state index in [1.807, 2.05) is 55.5 Å². The first-order valence-electron chi connectivity index (χ1n) is 12.3. The van der Waals surface area contributed by atoms with E-state index in [4.69, 9.17) is 4.74 Å². The van der Waals surface area contributed by atoms with Gasteiger partial charge >= 0.3 is 0 Å². The lowest BCUT2D eigenvalue weighted by molar-refractivity contribution is 0.0534. The molecule has 0 radical (unpaired) electrons. The highest BCUT2D eigenvalue weighted by atomic mass is 79.9. The minimum atomic E-state index is -0.381. The van der Waals surface area contributed by atoms with Crippen LogP contribution in [0.3, 0.4) is 0 Å². The van der Waals surface area contributed by atoms with Crippen LogP contribution in [-0.2, 0) is 0 Å². The van der Waals surface area contributed by atoms with E-state index in [9.17, 15) is 14.0 Å². The molecular weight excluding hydrogens is 549 g/mol. The van der Waals surface area contributed by atoms with Gasteiger partial charge in [-0.2, -0.15) is 0 Å². The van der Waals surface area contributed by atoms with Gasteiger partial charge in [-0.3, -0.25) is 9.59 Å². The van der Waals surface area contributed by atoms with Gasteiger partial charge in [0, 0.05) is 41.9 Å². The molecular formula is C30H27BrFN3O3. The topological polar surface area (TPSA) is 54.8 Å². The smallest absolute Gasteiger partial charge is 0.255 e. The lowest BCUT2D eigenvalue weighted by Gasteiger charge is -2.35. The first-order valence-corrected chi connectivity index (χ1v) is 13.1. The highest BCUT2D eigenvalue weighted by Crippen LogP contribution is 2.33. The molecule has 0 saturated carbocycles. The maximum absolute atomic E-state index is 15.0. The number of para-hydroxylation sites is 1. The van der Waals surface area contributed by atoms with Gasteiger partial charge in [0.2, 0.25) is 0 Å². The summed E-state index contributed by atoms with van der Waals surface area (Å²) in [5.74, 6) is 0.0789. The molecule has 1 saturated heterocycles. The van der Waals surface area contributed by atoms with E-state index in [2.05, 4.69) is 15.9 Å². The minimum absolute atomic E-state index is 0.0632. The highest BCUT2D eigenvalue weighted by molar-refractivity contribution is 9.10. The van der Waals surface area contributed by atoms with Gasteiger partial charge in [0.05, 0.1) is 29.6 Å². The molecule has 194 valence electrons. The predicted octanol–water partition coefficient (Wildman–Crippen LogP) is 5.96. The molecule has 0 atom stereocenters. The van der Waals surface area contributed by atoms with E-state index in [0.717, 1.165) is 10.0 Å². The van der Waals surface area contributed by atoms with Gasteiger partial charge < -0.3 is 19.1 Å². The van der Waals surface area contributed by atoms with E-state index in [-0.39, 0.29) is 17.6 Å². The van der Waals surface area contributed by atoms with Gasteiger partial charge in [0.15, 0.2) is 0 Å².